The molecule has 5 heteroatoms. The molecular formula is C17H21N3OS. The monoisotopic (exact) mass is 315 g/mol. The van der Waals surface area contributed by atoms with Crippen molar-refractivity contribution >= 4 is 17.2 Å². The largest absolute Gasteiger partial charge is 0.333 e. The molecule has 1 amide bonds. The normalized spacial score (nSPS) is 17.6. The molecule has 0 aromatic carbocycles. The second kappa shape index (κ2) is 7.03. The van der Waals surface area contributed by atoms with E-state index in [0.717, 1.165) is 42.1 Å². The van der Waals surface area contributed by atoms with E-state index in [0.29, 0.717) is 12.5 Å². The second-order valence-electron chi connectivity index (χ2n) is 5.84. The first-order valence-electron chi connectivity index (χ1n) is 7.67. The minimum Gasteiger partial charge on any atom is -0.333 e. The van der Waals surface area contributed by atoms with Gasteiger partial charge in [-0.3, -0.25) is 9.78 Å². The average molecular weight is 315 g/mol. The Morgan fingerprint density at radius 2 is 2.41 bits per heavy atom. The first-order chi connectivity index (χ1) is 10.7. The van der Waals surface area contributed by atoms with Crippen LogP contribution >= 0.6 is 11.3 Å². The van der Waals surface area contributed by atoms with Gasteiger partial charge in [-0.05, 0) is 61.0 Å². The number of nitrogens with zero attached hydrogens (tertiary/aromatic N) is 2. The van der Waals surface area contributed by atoms with Gasteiger partial charge in [-0.15, -0.1) is 11.3 Å². The summed E-state index contributed by atoms with van der Waals surface area (Å²) in [7, 11) is 0. The van der Waals surface area contributed by atoms with Gasteiger partial charge in [0.1, 0.15) is 0 Å². The molecule has 1 N–H and O–H groups in total. The highest BCUT2D eigenvalue weighted by atomic mass is 32.1. The van der Waals surface area contributed by atoms with Crippen molar-refractivity contribution in [3.63, 3.8) is 0 Å². The summed E-state index contributed by atoms with van der Waals surface area (Å²) in [4.78, 5) is 19.9. The number of carbonyl (C=O) groups is 1. The summed E-state index contributed by atoms with van der Waals surface area (Å²) >= 11 is 1.53. The van der Waals surface area contributed by atoms with Crippen LogP contribution in [0.15, 0.2) is 36.0 Å². The number of pyridine rings is 1. The molecular weight excluding hydrogens is 294 g/mol. The fourth-order valence-corrected chi connectivity index (χ4v) is 3.74. The molecule has 0 aliphatic carbocycles. The number of hydrogen-bond donors (Lipinski definition) is 1. The molecule has 22 heavy (non-hydrogen) atoms. The fraction of sp³-hybridized carbons (Fsp3) is 0.412. The van der Waals surface area contributed by atoms with Crippen LogP contribution in [0, 0.1) is 12.8 Å². The summed E-state index contributed by atoms with van der Waals surface area (Å²) in [5, 5.41) is 5.37. The quantitative estimate of drug-likeness (QED) is 0.923. The lowest BCUT2D eigenvalue weighted by atomic mass is 10.1. The van der Waals surface area contributed by atoms with Gasteiger partial charge in [-0.1, -0.05) is 6.07 Å². The summed E-state index contributed by atoms with van der Waals surface area (Å²) in [6, 6.07) is 5.96. The molecule has 0 radical (unpaired) electrons. The van der Waals surface area contributed by atoms with Crippen molar-refractivity contribution < 1.29 is 4.79 Å². The van der Waals surface area contributed by atoms with E-state index in [1.165, 1.54) is 11.3 Å². The lowest BCUT2D eigenvalue weighted by Crippen LogP contribution is -2.35. The average Bonchev–Trinajstić information content (AvgIpc) is 3.18. The van der Waals surface area contributed by atoms with Gasteiger partial charge in [-0.2, -0.15) is 0 Å². The molecule has 2 aromatic rings. The van der Waals surface area contributed by atoms with Crippen LogP contribution in [0.25, 0.3) is 0 Å². The molecule has 1 saturated heterocycles. The van der Waals surface area contributed by atoms with Crippen LogP contribution in [-0.2, 0) is 6.54 Å². The van der Waals surface area contributed by atoms with E-state index in [2.05, 4.69) is 10.3 Å². The zero-order chi connectivity index (χ0) is 15.4. The van der Waals surface area contributed by atoms with E-state index >= 15 is 0 Å². The SMILES string of the molecule is Cc1ccsc1C(=O)N(Cc1cccnc1)CC1CCNC1. The summed E-state index contributed by atoms with van der Waals surface area (Å²) < 4.78 is 0. The molecule has 1 aliphatic rings. The number of rotatable bonds is 5. The van der Waals surface area contributed by atoms with E-state index < -0.39 is 0 Å². The zero-order valence-electron chi connectivity index (χ0n) is 12.8. The van der Waals surface area contributed by atoms with Crippen LogP contribution in [-0.4, -0.2) is 35.4 Å². The lowest BCUT2D eigenvalue weighted by molar-refractivity contribution is 0.0723. The number of nitrogens with one attached hydrogen (secondary N) is 1. The molecule has 2 aromatic heterocycles. The summed E-state index contributed by atoms with van der Waals surface area (Å²) in [5.74, 6) is 0.684. The van der Waals surface area contributed by atoms with Gasteiger partial charge in [0, 0.05) is 25.5 Å². The number of thiophene rings is 1. The van der Waals surface area contributed by atoms with Crippen molar-refractivity contribution in [2.75, 3.05) is 19.6 Å². The van der Waals surface area contributed by atoms with E-state index in [4.69, 9.17) is 0 Å². The van der Waals surface area contributed by atoms with Gasteiger partial charge in [0.2, 0.25) is 0 Å². The first-order valence-corrected chi connectivity index (χ1v) is 8.55. The van der Waals surface area contributed by atoms with Crippen LogP contribution in [0.3, 0.4) is 0 Å². The summed E-state index contributed by atoms with van der Waals surface area (Å²) in [5.41, 5.74) is 2.15. The van der Waals surface area contributed by atoms with E-state index in [9.17, 15) is 4.79 Å². The Kier molecular flexibility index (Phi) is 4.85. The maximum Gasteiger partial charge on any atom is 0.264 e. The van der Waals surface area contributed by atoms with Crippen molar-refractivity contribution in [3.8, 4) is 0 Å². The number of aromatic nitrogens is 1. The Bertz CT molecular complexity index is 620. The van der Waals surface area contributed by atoms with E-state index in [1.807, 2.05) is 41.6 Å². The smallest absolute Gasteiger partial charge is 0.264 e. The fourth-order valence-electron chi connectivity index (χ4n) is 2.85. The molecule has 1 unspecified atom stereocenters. The predicted octanol–water partition coefficient (Wildman–Crippen LogP) is 2.70. The van der Waals surface area contributed by atoms with Crippen molar-refractivity contribution in [2.24, 2.45) is 5.92 Å². The minimum atomic E-state index is 0.142. The number of aryl methyl sites for hydroxylation is 1. The molecule has 0 saturated carbocycles. The Hall–Kier alpha value is -1.72. The zero-order valence-corrected chi connectivity index (χ0v) is 13.6. The van der Waals surface area contributed by atoms with Gasteiger partial charge in [0.05, 0.1) is 4.88 Å². The third-order valence-electron chi connectivity index (χ3n) is 4.08. The van der Waals surface area contributed by atoms with Gasteiger partial charge >= 0.3 is 0 Å². The highest BCUT2D eigenvalue weighted by Crippen LogP contribution is 2.21. The molecule has 1 aliphatic heterocycles. The van der Waals surface area contributed by atoms with Gasteiger partial charge in [-0.25, -0.2) is 0 Å². The molecule has 1 atom stereocenters. The molecule has 0 spiro atoms. The first kappa shape index (κ1) is 15.2. The highest BCUT2D eigenvalue weighted by Gasteiger charge is 2.24. The molecule has 3 rings (SSSR count). The molecule has 1 fully saturated rings. The molecule has 0 bridgehead atoms. The molecule has 116 valence electrons. The maximum atomic E-state index is 12.9. The minimum absolute atomic E-state index is 0.142. The van der Waals surface area contributed by atoms with E-state index in [-0.39, 0.29) is 5.91 Å². The van der Waals surface area contributed by atoms with Crippen LogP contribution in [0.5, 0.6) is 0 Å². The lowest BCUT2D eigenvalue weighted by Gasteiger charge is -2.25. The number of amides is 1. The van der Waals surface area contributed by atoms with Gasteiger partial charge < -0.3 is 10.2 Å². The third-order valence-corrected chi connectivity index (χ3v) is 5.09. The van der Waals surface area contributed by atoms with Crippen LogP contribution in [0.4, 0.5) is 0 Å². The highest BCUT2D eigenvalue weighted by molar-refractivity contribution is 7.12. The van der Waals surface area contributed by atoms with Crippen LogP contribution in [0.1, 0.15) is 27.2 Å². The van der Waals surface area contributed by atoms with Crippen molar-refractivity contribution in [1.82, 2.24) is 15.2 Å². The topological polar surface area (TPSA) is 45.2 Å². The van der Waals surface area contributed by atoms with Crippen LogP contribution < -0.4 is 5.32 Å². The Labute approximate surface area is 135 Å². The Morgan fingerprint density at radius 3 is 3.05 bits per heavy atom. The van der Waals surface area contributed by atoms with Gasteiger partial charge in [0.15, 0.2) is 0 Å². The molecule has 4 nitrogen and oxygen atoms in total. The maximum absolute atomic E-state index is 12.9. The molecule has 3 heterocycles. The van der Waals surface area contributed by atoms with Gasteiger partial charge in [0.25, 0.3) is 5.91 Å². The number of hydrogen-bond acceptors (Lipinski definition) is 4. The standard InChI is InChI=1S/C17H21N3OS/c1-13-5-8-22-16(13)17(21)20(12-15-4-7-19-10-15)11-14-3-2-6-18-9-14/h2-3,5-6,8-9,15,19H,4,7,10-12H2,1H3. The predicted molar refractivity (Wildman–Crippen MR) is 89.0 cm³/mol. The third kappa shape index (κ3) is 3.54. The Balaban J connectivity index is 1.78. The van der Waals surface area contributed by atoms with Crippen molar-refractivity contribution in [3.05, 3.63) is 52.0 Å². The Morgan fingerprint density at radius 1 is 1.50 bits per heavy atom. The number of carbonyl (C=O) groups excluding carboxylic acids is 1. The summed E-state index contributed by atoms with van der Waals surface area (Å²) in [6.45, 7) is 5.49. The second-order valence-corrected chi connectivity index (χ2v) is 6.75. The van der Waals surface area contributed by atoms with Crippen molar-refractivity contribution in [1.29, 1.82) is 0 Å². The van der Waals surface area contributed by atoms with E-state index in [1.54, 1.807) is 6.20 Å². The van der Waals surface area contributed by atoms with Crippen molar-refractivity contribution in [2.45, 2.75) is 19.9 Å². The summed E-state index contributed by atoms with van der Waals surface area (Å²) in [6.07, 6.45) is 4.74. The van der Waals surface area contributed by atoms with Crippen LogP contribution in [0.2, 0.25) is 0 Å².